The molecule has 0 saturated heterocycles. The van der Waals surface area contributed by atoms with Crippen LogP contribution < -0.4 is 9.47 Å². The van der Waals surface area contributed by atoms with E-state index in [1.165, 1.54) is 32.0 Å². The summed E-state index contributed by atoms with van der Waals surface area (Å²) >= 11 is 1.36. The Balaban J connectivity index is 3.37. The number of rotatable bonds is 5. The van der Waals surface area contributed by atoms with Crippen LogP contribution in [0, 0.1) is 0 Å². The molecule has 5 nitrogen and oxygen atoms in total. The lowest BCUT2D eigenvalue weighted by atomic mass is 10.1. The van der Waals surface area contributed by atoms with Crippen LogP contribution in [0.1, 0.15) is 11.7 Å². The number of hydrogen-bond donors (Lipinski definition) is 2. The molecule has 0 radical (unpaired) electrons. The molecule has 1 aromatic carbocycles. The topological polar surface area (TPSA) is 76.0 Å². The van der Waals surface area contributed by atoms with E-state index in [9.17, 15) is 9.90 Å². The fraction of sp³-hybridized carbons (Fsp3) is 0.364. The Morgan fingerprint density at radius 3 is 2.41 bits per heavy atom. The van der Waals surface area contributed by atoms with E-state index in [2.05, 4.69) is 0 Å². The number of benzene rings is 1. The number of carboxylic acid groups (broad SMARTS) is 1. The van der Waals surface area contributed by atoms with Crippen LogP contribution in [0.15, 0.2) is 17.0 Å². The van der Waals surface area contributed by atoms with Gasteiger partial charge in [0, 0.05) is 5.56 Å². The first-order chi connectivity index (χ1) is 8.06. The highest BCUT2D eigenvalue weighted by Crippen LogP contribution is 2.41. The minimum Gasteiger partial charge on any atom is -0.495 e. The molecular formula is C11H14O5S. The van der Waals surface area contributed by atoms with Crippen LogP contribution in [-0.2, 0) is 4.79 Å². The fourth-order valence-electron chi connectivity index (χ4n) is 1.47. The Hall–Kier alpha value is -1.40. The number of methoxy groups -OCH3 is 2. The normalized spacial score (nSPS) is 12.0. The molecule has 0 aliphatic rings. The average molecular weight is 258 g/mol. The molecule has 0 fully saturated rings. The van der Waals surface area contributed by atoms with Gasteiger partial charge in [-0.05, 0) is 18.4 Å². The molecule has 0 amide bonds. The van der Waals surface area contributed by atoms with Gasteiger partial charge in [0.25, 0.3) is 0 Å². The second-order valence-corrected chi connectivity index (χ2v) is 3.98. The number of aliphatic carboxylic acids is 1. The van der Waals surface area contributed by atoms with Crippen molar-refractivity contribution in [3.63, 3.8) is 0 Å². The summed E-state index contributed by atoms with van der Waals surface area (Å²) in [6.45, 7) is 0. The van der Waals surface area contributed by atoms with Crippen molar-refractivity contribution in [2.75, 3.05) is 20.5 Å². The average Bonchev–Trinajstić information content (AvgIpc) is 2.35. The first-order valence-corrected chi connectivity index (χ1v) is 5.99. The maximum absolute atomic E-state index is 10.8. The zero-order chi connectivity index (χ0) is 13.0. The number of carboxylic acids is 1. The van der Waals surface area contributed by atoms with Crippen LogP contribution in [0.4, 0.5) is 0 Å². The number of thioether (sulfide) groups is 1. The maximum Gasteiger partial charge on any atom is 0.337 e. The lowest BCUT2D eigenvalue weighted by Gasteiger charge is -2.16. The molecule has 0 spiro atoms. The number of hydrogen-bond acceptors (Lipinski definition) is 5. The van der Waals surface area contributed by atoms with Crippen LogP contribution in [0.3, 0.4) is 0 Å². The molecule has 0 saturated carbocycles. The van der Waals surface area contributed by atoms with E-state index in [1.807, 2.05) is 6.26 Å². The van der Waals surface area contributed by atoms with E-state index in [1.54, 1.807) is 6.07 Å². The quantitative estimate of drug-likeness (QED) is 0.780. The number of ether oxygens (including phenoxy) is 2. The van der Waals surface area contributed by atoms with E-state index >= 15 is 0 Å². The zero-order valence-electron chi connectivity index (χ0n) is 9.76. The van der Waals surface area contributed by atoms with E-state index < -0.39 is 12.1 Å². The van der Waals surface area contributed by atoms with Crippen LogP contribution in [-0.4, -0.2) is 36.7 Å². The van der Waals surface area contributed by atoms with Crippen LogP contribution in [0.5, 0.6) is 11.5 Å². The second kappa shape index (κ2) is 5.79. The first kappa shape index (κ1) is 13.7. The molecule has 0 aliphatic carbocycles. The minimum atomic E-state index is -1.61. The fourth-order valence-corrected chi connectivity index (χ4v) is 2.21. The molecule has 1 unspecified atom stereocenters. The van der Waals surface area contributed by atoms with Gasteiger partial charge in [0.1, 0.15) is 11.5 Å². The zero-order valence-corrected chi connectivity index (χ0v) is 10.6. The van der Waals surface area contributed by atoms with Crippen molar-refractivity contribution in [3.8, 4) is 11.5 Å². The van der Waals surface area contributed by atoms with E-state index in [0.717, 1.165) is 0 Å². The van der Waals surface area contributed by atoms with Gasteiger partial charge >= 0.3 is 5.97 Å². The molecule has 2 N–H and O–H groups in total. The molecule has 0 aromatic heterocycles. The van der Waals surface area contributed by atoms with Crippen molar-refractivity contribution in [2.45, 2.75) is 11.0 Å². The third-order valence-electron chi connectivity index (χ3n) is 2.26. The Morgan fingerprint density at radius 2 is 2.00 bits per heavy atom. The summed E-state index contributed by atoms with van der Waals surface area (Å²) in [6.07, 6.45) is 0.207. The number of aliphatic hydroxyl groups excluding tert-OH is 1. The van der Waals surface area contributed by atoms with Crippen molar-refractivity contribution < 1.29 is 24.5 Å². The smallest absolute Gasteiger partial charge is 0.337 e. The van der Waals surface area contributed by atoms with Crippen molar-refractivity contribution in [3.05, 3.63) is 17.7 Å². The monoisotopic (exact) mass is 258 g/mol. The SMILES string of the molecule is COc1ccc(C(O)C(=O)O)c(OC)c1SC. The molecule has 1 aromatic rings. The summed E-state index contributed by atoms with van der Waals surface area (Å²) in [5.41, 5.74) is 0.213. The third kappa shape index (κ3) is 2.65. The second-order valence-electron chi connectivity index (χ2n) is 3.16. The van der Waals surface area contributed by atoms with Crippen molar-refractivity contribution in [1.82, 2.24) is 0 Å². The molecule has 6 heteroatoms. The van der Waals surface area contributed by atoms with Gasteiger partial charge in [-0.25, -0.2) is 4.79 Å². The lowest BCUT2D eigenvalue weighted by molar-refractivity contribution is -0.147. The summed E-state index contributed by atoms with van der Waals surface area (Å²) in [5.74, 6) is -0.414. The van der Waals surface area contributed by atoms with Crippen molar-refractivity contribution in [2.24, 2.45) is 0 Å². The molecule has 94 valence electrons. The van der Waals surface area contributed by atoms with Gasteiger partial charge in [0.05, 0.1) is 19.1 Å². The third-order valence-corrected chi connectivity index (χ3v) is 3.06. The van der Waals surface area contributed by atoms with Crippen LogP contribution >= 0.6 is 11.8 Å². The summed E-state index contributed by atoms with van der Waals surface area (Å²) < 4.78 is 10.3. The van der Waals surface area contributed by atoms with E-state index in [0.29, 0.717) is 16.4 Å². The Bertz CT molecular complexity index is 419. The summed E-state index contributed by atoms with van der Waals surface area (Å²) in [5, 5.41) is 18.4. The first-order valence-electron chi connectivity index (χ1n) is 4.76. The summed E-state index contributed by atoms with van der Waals surface area (Å²) in [4.78, 5) is 11.4. The van der Waals surface area contributed by atoms with Gasteiger partial charge in [-0.3, -0.25) is 0 Å². The standard InChI is InChI=1S/C11H14O5S/c1-15-7-5-4-6(8(12)11(13)14)9(16-2)10(7)17-3/h4-5,8,12H,1-3H3,(H,13,14). The molecule has 0 heterocycles. The largest absolute Gasteiger partial charge is 0.495 e. The molecule has 1 atom stereocenters. The van der Waals surface area contributed by atoms with Crippen LogP contribution in [0.25, 0.3) is 0 Å². The van der Waals surface area contributed by atoms with Gasteiger partial charge in [-0.2, -0.15) is 0 Å². The summed E-state index contributed by atoms with van der Waals surface area (Å²) in [7, 11) is 2.94. The highest BCUT2D eigenvalue weighted by atomic mass is 32.2. The molecule has 0 aliphatic heterocycles. The van der Waals surface area contributed by atoms with Gasteiger partial charge in [0.2, 0.25) is 0 Å². The van der Waals surface area contributed by atoms with E-state index in [4.69, 9.17) is 14.6 Å². The van der Waals surface area contributed by atoms with Gasteiger partial charge in [0.15, 0.2) is 6.10 Å². The minimum absolute atomic E-state index is 0.213. The molecular weight excluding hydrogens is 244 g/mol. The Kier molecular flexibility index (Phi) is 4.65. The Labute approximate surface area is 103 Å². The molecule has 0 bridgehead atoms. The summed E-state index contributed by atoms with van der Waals surface area (Å²) in [6, 6.07) is 3.09. The molecule has 17 heavy (non-hydrogen) atoms. The predicted octanol–water partition coefficient (Wildman–Crippen LogP) is 1.54. The highest BCUT2D eigenvalue weighted by molar-refractivity contribution is 7.98. The van der Waals surface area contributed by atoms with Crippen molar-refractivity contribution >= 4 is 17.7 Å². The van der Waals surface area contributed by atoms with Crippen LogP contribution in [0.2, 0.25) is 0 Å². The molecule has 1 rings (SSSR count). The lowest BCUT2D eigenvalue weighted by Crippen LogP contribution is -2.12. The number of aliphatic hydroxyl groups is 1. The highest BCUT2D eigenvalue weighted by Gasteiger charge is 2.24. The Morgan fingerprint density at radius 1 is 1.35 bits per heavy atom. The van der Waals surface area contributed by atoms with Crippen molar-refractivity contribution in [1.29, 1.82) is 0 Å². The van der Waals surface area contributed by atoms with Gasteiger partial charge in [-0.15, -0.1) is 11.8 Å². The maximum atomic E-state index is 10.8. The van der Waals surface area contributed by atoms with Gasteiger partial charge < -0.3 is 19.7 Å². The van der Waals surface area contributed by atoms with E-state index in [-0.39, 0.29) is 5.56 Å². The number of carbonyl (C=O) groups is 1. The predicted molar refractivity (Wildman–Crippen MR) is 63.9 cm³/mol. The van der Waals surface area contributed by atoms with Gasteiger partial charge in [-0.1, -0.05) is 0 Å².